The second-order valence-electron chi connectivity index (χ2n) is 8.40. The van der Waals surface area contributed by atoms with Gasteiger partial charge in [0.05, 0.1) is 35.5 Å². The van der Waals surface area contributed by atoms with Crippen LogP contribution in [0.5, 0.6) is 23.0 Å². The van der Waals surface area contributed by atoms with Gasteiger partial charge in [-0.15, -0.1) is 11.3 Å². The molecule has 0 saturated heterocycles. The zero-order valence-electron chi connectivity index (χ0n) is 20.4. The van der Waals surface area contributed by atoms with Gasteiger partial charge in [-0.25, -0.2) is 9.37 Å². The van der Waals surface area contributed by atoms with Gasteiger partial charge in [0.1, 0.15) is 16.7 Å². The number of fused-ring (bicyclic) bond motifs is 2. The molecule has 0 aliphatic carbocycles. The molecule has 1 unspecified atom stereocenters. The highest BCUT2D eigenvalue weighted by molar-refractivity contribution is 7.18. The fraction of sp³-hybridized carbons (Fsp3) is 0.148. The minimum Gasteiger partial charge on any atom is -0.493 e. The number of carbonyl (C=O) groups is 1. The molecule has 5 rings (SSSR count). The average Bonchev–Trinajstić information content (AvgIpc) is 3.29. The van der Waals surface area contributed by atoms with E-state index >= 15 is 4.39 Å². The monoisotopic (exact) mass is 557 g/mol. The third kappa shape index (κ3) is 5.02. The average molecular weight is 558 g/mol. The van der Waals surface area contributed by atoms with Crippen LogP contribution >= 0.6 is 11.3 Å². The van der Waals surface area contributed by atoms with Crippen LogP contribution in [0, 0.1) is 5.82 Å². The molecule has 12 heteroatoms. The third-order valence-corrected chi connectivity index (χ3v) is 7.05. The van der Waals surface area contributed by atoms with Gasteiger partial charge in [0, 0.05) is 29.8 Å². The highest BCUT2D eigenvalue weighted by atomic mass is 32.1. The first-order chi connectivity index (χ1) is 18.6. The standard InChI is InChI=1S/C27H19F4N3O4S/c1-36-21-9-15-17(11-22(21)37-2)33-7-6-19(15)38-20-12-23-18(10-16(20)28)34-26(39-23)24(25(32)35)13-4-3-5-14(8-13)27(29,30)31/h3-12,24H,1-2H3,(H2,32,35). The Hall–Kier alpha value is -4.45. The Balaban J connectivity index is 1.55. The van der Waals surface area contributed by atoms with E-state index < -0.39 is 29.4 Å². The van der Waals surface area contributed by atoms with E-state index in [2.05, 4.69) is 9.97 Å². The number of aromatic nitrogens is 2. The van der Waals surface area contributed by atoms with Gasteiger partial charge in [0.15, 0.2) is 23.1 Å². The topological polar surface area (TPSA) is 96.6 Å². The molecule has 0 spiro atoms. The maximum atomic E-state index is 15.1. The van der Waals surface area contributed by atoms with E-state index in [1.807, 2.05) is 0 Å². The lowest BCUT2D eigenvalue weighted by Crippen LogP contribution is -2.22. The summed E-state index contributed by atoms with van der Waals surface area (Å²) < 4.78 is 71.8. The first-order valence-corrected chi connectivity index (χ1v) is 12.2. The van der Waals surface area contributed by atoms with Crippen LogP contribution < -0.4 is 19.9 Å². The maximum absolute atomic E-state index is 15.1. The number of hydrogen-bond acceptors (Lipinski definition) is 7. The second kappa shape index (κ2) is 10.0. The first-order valence-electron chi connectivity index (χ1n) is 11.3. The fourth-order valence-electron chi connectivity index (χ4n) is 4.13. The van der Waals surface area contributed by atoms with E-state index in [0.717, 1.165) is 29.5 Å². The predicted octanol–water partition coefficient (Wildman–Crippen LogP) is 6.43. The molecule has 0 fully saturated rings. The number of nitrogens with two attached hydrogens (primary N) is 1. The highest BCUT2D eigenvalue weighted by Crippen LogP contribution is 2.40. The summed E-state index contributed by atoms with van der Waals surface area (Å²) in [7, 11) is 2.97. The number of hydrogen-bond donors (Lipinski definition) is 1. The Bertz CT molecular complexity index is 1720. The van der Waals surface area contributed by atoms with Crippen LogP contribution in [0.4, 0.5) is 17.6 Å². The Morgan fingerprint density at radius 1 is 0.949 bits per heavy atom. The quantitative estimate of drug-likeness (QED) is 0.232. The molecular weight excluding hydrogens is 538 g/mol. The lowest BCUT2D eigenvalue weighted by atomic mass is 9.97. The van der Waals surface area contributed by atoms with Crippen molar-refractivity contribution in [2.24, 2.45) is 5.73 Å². The number of thiazole rings is 1. The maximum Gasteiger partial charge on any atom is 0.416 e. The lowest BCUT2D eigenvalue weighted by Gasteiger charge is -2.13. The Morgan fingerprint density at radius 2 is 1.69 bits per heavy atom. The Morgan fingerprint density at radius 3 is 2.38 bits per heavy atom. The van der Waals surface area contributed by atoms with Gasteiger partial charge in [-0.3, -0.25) is 9.78 Å². The van der Waals surface area contributed by atoms with Crippen molar-refractivity contribution in [2.45, 2.75) is 12.1 Å². The van der Waals surface area contributed by atoms with Crippen LogP contribution in [0.25, 0.3) is 21.1 Å². The number of carbonyl (C=O) groups excluding carboxylic acids is 1. The minimum atomic E-state index is -4.60. The molecule has 39 heavy (non-hydrogen) atoms. The van der Waals surface area contributed by atoms with Gasteiger partial charge in [-0.1, -0.05) is 18.2 Å². The summed E-state index contributed by atoms with van der Waals surface area (Å²) in [5.74, 6) is -1.83. The van der Waals surface area contributed by atoms with Crippen molar-refractivity contribution >= 4 is 38.4 Å². The zero-order chi connectivity index (χ0) is 27.9. The predicted molar refractivity (Wildman–Crippen MR) is 137 cm³/mol. The molecule has 0 radical (unpaired) electrons. The number of ether oxygens (including phenoxy) is 3. The number of halogens is 4. The summed E-state index contributed by atoms with van der Waals surface area (Å²) in [4.78, 5) is 20.9. The number of primary amides is 1. The zero-order valence-corrected chi connectivity index (χ0v) is 21.2. The molecular formula is C27H19F4N3O4S. The van der Waals surface area contributed by atoms with Crippen LogP contribution in [-0.2, 0) is 11.0 Å². The molecule has 7 nitrogen and oxygen atoms in total. The molecule has 0 aliphatic rings. The molecule has 2 aromatic heterocycles. The number of pyridine rings is 1. The van der Waals surface area contributed by atoms with Crippen LogP contribution in [0.2, 0.25) is 0 Å². The van der Waals surface area contributed by atoms with Gasteiger partial charge in [0.2, 0.25) is 5.91 Å². The van der Waals surface area contributed by atoms with Crippen molar-refractivity contribution in [3.8, 4) is 23.0 Å². The molecule has 2 N–H and O–H groups in total. The summed E-state index contributed by atoms with van der Waals surface area (Å²) in [6.07, 6.45) is -3.11. The molecule has 3 aromatic carbocycles. The van der Waals surface area contributed by atoms with Crippen molar-refractivity contribution < 1.29 is 36.6 Å². The van der Waals surface area contributed by atoms with Crippen molar-refractivity contribution in [1.82, 2.24) is 9.97 Å². The van der Waals surface area contributed by atoms with E-state index in [9.17, 15) is 18.0 Å². The number of methoxy groups -OCH3 is 2. The van der Waals surface area contributed by atoms with Crippen molar-refractivity contribution in [2.75, 3.05) is 14.2 Å². The minimum absolute atomic E-state index is 0.0287. The molecule has 2 heterocycles. The van der Waals surface area contributed by atoms with E-state index in [1.165, 1.54) is 38.6 Å². The molecule has 1 amide bonds. The largest absolute Gasteiger partial charge is 0.493 e. The van der Waals surface area contributed by atoms with Gasteiger partial charge < -0.3 is 19.9 Å². The highest BCUT2D eigenvalue weighted by Gasteiger charge is 2.33. The van der Waals surface area contributed by atoms with Crippen molar-refractivity contribution in [1.29, 1.82) is 0 Å². The molecule has 1 atom stereocenters. The first kappa shape index (κ1) is 26.2. The third-order valence-electron chi connectivity index (χ3n) is 5.96. The molecule has 0 bridgehead atoms. The smallest absolute Gasteiger partial charge is 0.416 e. The molecule has 200 valence electrons. The summed E-state index contributed by atoms with van der Waals surface area (Å²) in [5, 5.41) is 0.664. The van der Waals surface area contributed by atoms with Gasteiger partial charge in [0.25, 0.3) is 0 Å². The Kier molecular flexibility index (Phi) is 6.73. The molecule has 5 aromatic rings. The summed E-state index contributed by atoms with van der Waals surface area (Å²) >= 11 is 1.00. The van der Waals surface area contributed by atoms with Gasteiger partial charge in [-0.05, 0) is 23.8 Å². The normalized spacial score (nSPS) is 12.5. The summed E-state index contributed by atoms with van der Waals surface area (Å²) in [6, 6.07) is 11.7. The van der Waals surface area contributed by atoms with Crippen molar-refractivity contribution in [3.63, 3.8) is 0 Å². The van der Waals surface area contributed by atoms with E-state index in [-0.39, 0.29) is 21.8 Å². The van der Waals surface area contributed by atoms with Crippen LogP contribution in [-0.4, -0.2) is 30.1 Å². The van der Waals surface area contributed by atoms with Gasteiger partial charge >= 0.3 is 6.18 Å². The number of alkyl halides is 3. The number of benzene rings is 3. The molecule has 0 saturated carbocycles. The lowest BCUT2D eigenvalue weighted by molar-refractivity contribution is -0.137. The number of amides is 1. The summed E-state index contributed by atoms with van der Waals surface area (Å²) in [6.45, 7) is 0. The number of nitrogens with zero attached hydrogens (tertiary/aromatic N) is 2. The van der Waals surface area contributed by atoms with Gasteiger partial charge in [-0.2, -0.15) is 13.2 Å². The van der Waals surface area contributed by atoms with E-state index in [1.54, 1.807) is 18.2 Å². The van der Waals surface area contributed by atoms with E-state index in [0.29, 0.717) is 32.9 Å². The SMILES string of the molecule is COc1cc2nccc(Oc3cc4sc(C(C(N)=O)c5cccc(C(F)(F)F)c5)nc4cc3F)c2cc1OC. The fourth-order valence-corrected chi connectivity index (χ4v) is 5.24. The van der Waals surface area contributed by atoms with Crippen LogP contribution in [0.15, 0.2) is 60.8 Å². The van der Waals surface area contributed by atoms with Crippen LogP contribution in [0.1, 0.15) is 22.1 Å². The van der Waals surface area contributed by atoms with Crippen molar-refractivity contribution in [3.05, 3.63) is 82.7 Å². The number of rotatable bonds is 7. The van der Waals surface area contributed by atoms with E-state index in [4.69, 9.17) is 19.9 Å². The second-order valence-corrected chi connectivity index (χ2v) is 9.46. The Labute approximate surface area is 222 Å². The summed E-state index contributed by atoms with van der Waals surface area (Å²) in [5.41, 5.74) is 5.39. The molecule has 0 aliphatic heterocycles. The van der Waals surface area contributed by atoms with Crippen LogP contribution in [0.3, 0.4) is 0 Å².